The third kappa shape index (κ3) is 3.71. The van der Waals surface area contributed by atoms with Crippen molar-refractivity contribution in [2.24, 2.45) is 5.92 Å². The molecule has 1 amide bonds. The third-order valence-electron chi connectivity index (χ3n) is 3.47. The number of likely N-dealkylation sites (tertiary alicyclic amines) is 1. The summed E-state index contributed by atoms with van der Waals surface area (Å²) in [7, 11) is 0. The highest BCUT2D eigenvalue weighted by Crippen LogP contribution is 2.33. The van der Waals surface area contributed by atoms with Gasteiger partial charge >= 0.3 is 6.09 Å². The Bertz CT molecular complexity index is 453. The van der Waals surface area contributed by atoms with Crippen LogP contribution >= 0.6 is 0 Å². The molecule has 1 aromatic heterocycles. The largest absolute Gasteiger partial charge is 0.444 e. The lowest BCUT2D eigenvalue weighted by atomic mass is 9.92. The van der Waals surface area contributed by atoms with Crippen LogP contribution in [0.1, 0.15) is 52.3 Å². The third-order valence-corrected chi connectivity index (χ3v) is 3.47. The van der Waals surface area contributed by atoms with Crippen molar-refractivity contribution < 1.29 is 9.53 Å². The lowest BCUT2D eigenvalue weighted by molar-refractivity contribution is 0.00306. The predicted molar refractivity (Wildman–Crippen MR) is 78.3 cm³/mol. The number of aromatic nitrogens is 1. The molecule has 0 aromatic carbocycles. The van der Waals surface area contributed by atoms with E-state index < -0.39 is 5.60 Å². The van der Waals surface area contributed by atoms with Crippen molar-refractivity contribution in [3.63, 3.8) is 0 Å². The van der Waals surface area contributed by atoms with Crippen molar-refractivity contribution >= 4 is 6.09 Å². The quantitative estimate of drug-likeness (QED) is 0.783. The number of pyridine rings is 1. The van der Waals surface area contributed by atoms with Crippen molar-refractivity contribution in [1.82, 2.24) is 9.88 Å². The van der Waals surface area contributed by atoms with Gasteiger partial charge in [0.25, 0.3) is 0 Å². The summed E-state index contributed by atoms with van der Waals surface area (Å²) in [5.74, 6) is 0.502. The highest BCUT2D eigenvalue weighted by molar-refractivity contribution is 5.69. The molecule has 0 spiro atoms. The van der Waals surface area contributed by atoms with Crippen molar-refractivity contribution in [3.05, 3.63) is 30.1 Å². The van der Waals surface area contributed by atoms with Gasteiger partial charge in [-0.05, 0) is 51.7 Å². The summed E-state index contributed by atoms with van der Waals surface area (Å²) in [6.07, 6.45) is 3.60. The maximum absolute atomic E-state index is 12.4. The topological polar surface area (TPSA) is 42.4 Å². The fourth-order valence-electron chi connectivity index (χ4n) is 2.56. The standard InChI is InChI=1S/C16H24N2O2/c1-12-8-9-14(13-7-5-6-10-17-13)18(11-12)15(19)20-16(2,3)4/h5-7,10,12,14H,8-9,11H2,1-4H3/t12-,14-/m1/s1. The second-order valence-corrected chi connectivity index (χ2v) is 6.59. The number of amides is 1. The molecule has 0 saturated carbocycles. The van der Waals surface area contributed by atoms with Gasteiger partial charge in [0.1, 0.15) is 5.60 Å². The second-order valence-electron chi connectivity index (χ2n) is 6.59. The van der Waals surface area contributed by atoms with Crippen molar-refractivity contribution in [1.29, 1.82) is 0 Å². The molecule has 4 heteroatoms. The fraction of sp³-hybridized carbons (Fsp3) is 0.625. The van der Waals surface area contributed by atoms with Gasteiger partial charge < -0.3 is 4.74 Å². The lowest BCUT2D eigenvalue weighted by Crippen LogP contribution is -2.44. The Morgan fingerprint density at radius 3 is 2.70 bits per heavy atom. The molecule has 0 bridgehead atoms. The Balaban J connectivity index is 2.19. The summed E-state index contributed by atoms with van der Waals surface area (Å²) in [6.45, 7) is 8.60. The zero-order valence-electron chi connectivity index (χ0n) is 12.8. The molecule has 1 aliphatic rings. The maximum atomic E-state index is 12.4. The molecule has 1 saturated heterocycles. The molecular formula is C16H24N2O2. The Kier molecular flexibility index (Phi) is 4.31. The van der Waals surface area contributed by atoms with Gasteiger partial charge in [0.05, 0.1) is 11.7 Å². The van der Waals surface area contributed by atoms with E-state index in [2.05, 4.69) is 11.9 Å². The van der Waals surface area contributed by atoms with Crippen LogP contribution in [-0.4, -0.2) is 28.1 Å². The first-order valence-corrected chi connectivity index (χ1v) is 7.27. The van der Waals surface area contributed by atoms with Crippen LogP contribution in [0.5, 0.6) is 0 Å². The molecule has 1 aromatic rings. The molecule has 4 nitrogen and oxygen atoms in total. The molecule has 0 N–H and O–H groups in total. The predicted octanol–water partition coefficient (Wildman–Crippen LogP) is 3.79. The maximum Gasteiger partial charge on any atom is 0.410 e. The van der Waals surface area contributed by atoms with Gasteiger partial charge in [0.2, 0.25) is 0 Å². The molecule has 110 valence electrons. The molecule has 2 atom stereocenters. The number of rotatable bonds is 1. The van der Waals surface area contributed by atoms with E-state index in [-0.39, 0.29) is 12.1 Å². The first kappa shape index (κ1) is 14.8. The van der Waals surface area contributed by atoms with Crippen LogP contribution in [0.25, 0.3) is 0 Å². The summed E-state index contributed by atoms with van der Waals surface area (Å²) in [4.78, 5) is 18.7. The molecule has 2 rings (SSSR count). The molecule has 1 fully saturated rings. The average Bonchev–Trinajstić information content (AvgIpc) is 2.37. The number of ether oxygens (including phenoxy) is 1. The van der Waals surface area contributed by atoms with Crippen LogP contribution in [0, 0.1) is 5.92 Å². The van der Waals surface area contributed by atoms with Crippen LogP contribution in [0.15, 0.2) is 24.4 Å². The molecule has 20 heavy (non-hydrogen) atoms. The van der Waals surface area contributed by atoms with Gasteiger partial charge in [0, 0.05) is 12.7 Å². The van der Waals surface area contributed by atoms with Crippen LogP contribution in [0.3, 0.4) is 0 Å². The van der Waals surface area contributed by atoms with Gasteiger partial charge in [0.15, 0.2) is 0 Å². The van der Waals surface area contributed by atoms with Crippen LogP contribution in [-0.2, 0) is 4.74 Å². The van der Waals surface area contributed by atoms with E-state index in [0.717, 1.165) is 25.1 Å². The van der Waals surface area contributed by atoms with E-state index in [9.17, 15) is 4.79 Å². The van der Waals surface area contributed by atoms with Crippen LogP contribution < -0.4 is 0 Å². The molecular weight excluding hydrogens is 252 g/mol. The minimum atomic E-state index is -0.466. The van der Waals surface area contributed by atoms with Gasteiger partial charge in [-0.25, -0.2) is 4.79 Å². The van der Waals surface area contributed by atoms with Gasteiger partial charge in [-0.2, -0.15) is 0 Å². The highest BCUT2D eigenvalue weighted by atomic mass is 16.6. The molecule has 0 radical (unpaired) electrons. The van der Waals surface area contributed by atoms with Gasteiger partial charge in [-0.1, -0.05) is 13.0 Å². The first-order valence-electron chi connectivity index (χ1n) is 7.27. The molecule has 0 unspecified atom stereocenters. The van der Waals surface area contributed by atoms with Crippen molar-refractivity contribution in [3.8, 4) is 0 Å². The van der Waals surface area contributed by atoms with E-state index in [1.165, 1.54) is 0 Å². The number of nitrogens with zero attached hydrogens (tertiary/aromatic N) is 2. The van der Waals surface area contributed by atoms with E-state index in [1.807, 2.05) is 43.9 Å². The Hall–Kier alpha value is -1.58. The molecule has 2 heterocycles. The lowest BCUT2D eigenvalue weighted by Gasteiger charge is -2.39. The number of carbonyl (C=O) groups excluding carboxylic acids is 1. The number of carbonyl (C=O) groups is 1. The van der Waals surface area contributed by atoms with E-state index in [0.29, 0.717) is 5.92 Å². The molecule has 0 aliphatic carbocycles. The number of hydrogen-bond acceptors (Lipinski definition) is 3. The smallest absolute Gasteiger partial charge is 0.410 e. The molecule has 1 aliphatic heterocycles. The van der Waals surface area contributed by atoms with E-state index in [1.54, 1.807) is 6.20 Å². The fourth-order valence-corrected chi connectivity index (χ4v) is 2.56. The first-order chi connectivity index (χ1) is 9.37. The summed E-state index contributed by atoms with van der Waals surface area (Å²) in [5.41, 5.74) is 0.483. The summed E-state index contributed by atoms with van der Waals surface area (Å²) in [5, 5.41) is 0. The number of piperidine rings is 1. The Morgan fingerprint density at radius 1 is 1.35 bits per heavy atom. The van der Waals surface area contributed by atoms with E-state index in [4.69, 9.17) is 4.74 Å². The van der Waals surface area contributed by atoms with Crippen molar-refractivity contribution in [2.45, 2.75) is 52.2 Å². The summed E-state index contributed by atoms with van der Waals surface area (Å²) >= 11 is 0. The summed E-state index contributed by atoms with van der Waals surface area (Å²) in [6, 6.07) is 5.88. The normalized spacial score (nSPS) is 23.5. The minimum absolute atomic E-state index is 0.0299. The summed E-state index contributed by atoms with van der Waals surface area (Å²) < 4.78 is 5.54. The van der Waals surface area contributed by atoms with Crippen LogP contribution in [0.2, 0.25) is 0 Å². The zero-order chi connectivity index (χ0) is 14.8. The Labute approximate surface area is 121 Å². The minimum Gasteiger partial charge on any atom is -0.444 e. The zero-order valence-corrected chi connectivity index (χ0v) is 12.8. The van der Waals surface area contributed by atoms with Crippen molar-refractivity contribution in [2.75, 3.05) is 6.54 Å². The SMILES string of the molecule is C[C@@H]1CC[C@H](c2ccccn2)N(C(=O)OC(C)(C)C)C1. The van der Waals surface area contributed by atoms with Gasteiger partial charge in [-0.3, -0.25) is 9.88 Å². The average molecular weight is 276 g/mol. The van der Waals surface area contributed by atoms with E-state index >= 15 is 0 Å². The second kappa shape index (κ2) is 5.81. The Morgan fingerprint density at radius 2 is 2.10 bits per heavy atom. The number of hydrogen-bond donors (Lipinski definition) is 0. The highest BCUT2D eigenvalue weighted by Gasteiger charge is 2.34. The van der Waals surface area contributed by atoms with Gasteiger partial charge in [-0.15, -0.1) is 0 Å². The van der Waals surface area contributed by atoms with Crippen LogP contribution in [0.4, 0.5) is 4.79 Å². The monoisotopic (exact) mass is 276 g/mol.